The third kappa shape index (κ3) is 3.53. The SMILES string of the molecule is CCc1ccc(-n2cc(-c3ccc(F)cc3)[n+]3c2SCCC3)cc1.[Br-]. The number of hydrogen-bond donors (Lipinski definition) is 0. The van der Waals surface area contributed by atoms with Crippen LogP contribution in [0.15, 0.2) is 59.9 Å². The van der Waals surface area contributed by atoms with Gasteiger partial charge in [0.1, 0.15) is 17.7 Å². The van der Waals surface area contributed by atoms with E-state index < -0.39 is 0 Å². The Kier molecular flexibility index (Phi) is 5.64. The fraction of sp³-hybridized carbons (Fsp3) is 0.250. The van der Waals surface area contributed by atoms with E-state index in [1.54, 1.807) is 0 Å². The Morgan fingerprint density at radius 3 is 2.48 bits per heavy atom. The summed E-state index contributed by atoms with van der Waals surface area (Å²) in [6.07, 6.45) is 4.39. The maximum Gasteiger partial charge on any atom is 0.323 e. The lowest BCUT2D eigenvalue weighted by molar-refractivity contribution is -0.724. The third-order valence-corrected chi connectivity index (χ3v) is 5.67. The Labute approximate surface area is 162 Å². The van der Waals surface area contributed by atoms with Crippen molar-refractivity contribution in [3.8, 4) is 16.9 Å². The lowest BCUT2D eigenvalue weighted by atomic mass is 10.1. The molecule has 0 atom stereocenters. The number of hydrogen-bond acceptors (Lipinski definition) is 1. The zero-order valence-electron chi connectivity index (χ0n) is 14.1. The van der Waals surface area contributed by atoms with Gasteiger partial charge in [-0.15, -0.1) is 0 Å². The quantitative estimate of drug-likeness (QED) is 0.587. The molecule has 0 saturated carbocycles. The molecule has 0 saturated heterocycles. The van der Waals surface area contributed by atoms with Gasteiger partial charge in [0.15, 0.2) is 5.69 Å². The van der Waals surface area contributed by atoms with Gasteiger partial charge in [-0.1, -0.05) is 19.1 Å². The molecule has 0 N–H and O–H groups in total. The van der Waals surface area contributed by atoms with Gasteiger partial charge in [-0.05, 0) is 66.6 Å². The Morgan fingerprint density at radius 1 is 1.08 bits per heavy atom. The summed E-state index contributed by atoms with van der Waals surface area (Å²) in [5.41, 5.74) is 4.73. The maximum absolute atomic E-state index is 13.3. The van der Waals surface area contributed by atoms with Crippen molar-refractivity contribution in [1.29, 1.82) is 0 Å². The van der Waals surface area contributed by atoms with E-state index in [1.165, 1.54) is 28.5 Å². The maximum atomic E-state index is 13.3. The highest BCUT2D eigenvalue weighted by atomic mass is 79.9. The number of halogens is 2. The monoisotopic (exact) mass is 418 g/mol. The molecule has 5 heteroatoms. The van der Waals surface area contributed by atoms with Crippen LogP contribution in [0.25, 0.3) is 16.9 Å². The highest BCUT2D eigenvalue weighted by Gasteiger charge is 2.28. The van der Waals surface area contributed by atoms with Crippen molar-refractivity contribution in [3.05, 3.63) is 66.1 Å². The average molecular weight is 419 g/mol. The smallest absolute Gasteiger partial charge is 0.323 e. The average Bonchev–Trinajstić information content (AvgIpc) is 3.02. The van der Waals surface area contributed by atoms with Crippen molar-refractivity contribution in [1.82, 2.24) is 4.57 Å². The van der Waals surface area contributed by atoms with Gasteiger partial charge in [-0.2, -0.15) is 4.57 Å². The van der Waals surface area contributed by atoms with E-state index in [-0.39, 0.29) is 22.8 Å². The molecule has 2 aromatic carbocycles. The van der Waals surface area contributed by atoms with Crippen molar-refractivity contribution >= 4 is 11.8 Å². The van der Waals surface area contributed by atoms with E-state index in [4.69, 9.17) is 0 Å². The van der Waals surface area contributed by atoms with E-state index in [9.17, 15) is 4.39 Å². The highest BCUT2D eigenvalue weighted by Crippen LogP contribution is 2.29. The summed E-state index contributed by atoms with van der Waals surface area (Å²) in [4.78, 5) is 0. The van der Waals surface area contributed by atoms with E-state index in [0.29, 0.717) is 0 Å². The summed E-state index contributed by atoms with van der Waals surface area (Å²) in [6.45, 7) is 3.18. The predicted molar refractivity (Wildman–Crippen MR) is 96.1 cm³/mol. The number of thioether (sulfide) groups is 1. The van der Waals surface area contributed by atoms with Gasteiger partial charge in [0.05, 0.1) is 6.54 Å². The predicted octanol–water partition coefficient (Wildman–Crippen LogP) is 1.63. The van der Waals surface area contributed by atoms with Crippen molar-refractivity contribution < 1.29 is 25.9 Å². The molecule has 0 aliphatic carbocycles. The van der Waals surface area contributed by atoms with Gasteiger partial charge in [0.25, 0.3) is 0 Å². The van der Waals surface area contributed by atoms with Gasteiger partial charge in [0, 0.05) is 11.3 Å². The van der Waals surface area contributed by atoms with Gasteiger partial charge < -0.3 is 17.0 Å². The molecule has 130 valence electrons. The molecule has 4 rings (SSSR count). The minimum absolute atomic E-state index is 0. The molecule has 2 nitrogen and oxygen atoms in total. The summed E-state index contributed by atoms with van der Waals surface area (Å²) in [5, 5.41) is 1.25. The van der Waals surface area contributed by atoms with Crippen molar-refractivity contribution in [3.63, 3.8) is 0 Å². The van der Waals surface area contributed by atoms with Crippen LogP contribution in [0.3, 0.4) is 0 Å². The highest BCUT2D eigenvalue weighted by molar-refractivity contribution is 7.99. The van der Waals surface area contributed by atoms with Crippen LogP contribution in [0, 0.1) is 5.82 Å². The zero-order chi connectivity index (χ0) is 16.5. The Morgan fingerprint density at radius 2 is 1.80 bits per heavy atom. The summed E-state index contributed by atoms with van der Waals surface area (Å²) in [6, 6.07) is 15.5. The minimum atomic E-state index is -0.193. The second-order valence-corrected chi connectivity index (χ2v) is 7.11. The summed E-state index contributed by atoms with van der Waals surface area (Å²) < 4.78 is 17.9. The van der Waals surface area contributed by atoms with Crippen molar-refractivity contribution in [2.45, 2.75) is 31.5 Å². The first-order valence-corrected chi connectivity index (χ1v) is 9.38. The molecule has 1 aliphatic rings. The second kappa shape index (κ2) is 7.75. The lowest BCUT2D eigenvalue weighted by Crippen LogP contribution is -3.00. The first kappa shape index (κ1) is 18.2. The molecule has 0 spiro atoms. The Bertz CT molecular complexity index is 857. The van der Waals surface area contributed by atoms with Crippen LogP contribution in [-0.4, -0.2) is 10.3 Å². The summed E-state index contributed by atoms with van der Waals surface area (Å²) in [7, 11) is 0. The summed E-state index contributed by atoms with van der Waals surface area (Å²) in [5.74, 6) is 0.946. The molecule has 3 aromatic rings. The normalized spacial score (nSPS) is 13.2. The number of imidazole rings is 1. The van der Waals surface area contributed by atoms with Crippen LogP contribution >= 0.6 is 11.8 Å². The molecule has 2 heterocycles. The molecular weight excluding hydrogens is 399 g/mol. The Hall–Kier alpha value is -1.59. The van der Waals surface area contributed by atoms with E-state index in [0.717, 1.165) is 36.4 Å². The van der Waals surface area contributed by atoms with Crippen LogP contribution in [-0.2, 0) is 13.0 Å². The Balaban J connectivity index is 0.00000182. The van der Waals surface area contributed by atoms with E-state index >= 15 is 0 Å². The van der Waals surface area contributed by atoms with Crippen LogP contribution < -0.4 is 21.5 Å². The number of aryl methyl sites for hydroxylation is 1. The second-order valence-electron chi connectivity index (χ2n) is 6.05. The molecule has 1 aromatic heterocycles. The molecule has 1 aliphatic heterocycles. The number of rotatable bonds is 3. The molecule has 0 fully saturated rings. The molecular formula is C20H20BrFN2S. The van der Waals surface area contributed by atoms with Crippen molar-refractivity contribution in [2.24, 2.45) is 0 Å². The van der Waals surface area contributed by atoms with Crippen molar-refractivity contribution in [2.75, 3.05) is 5.75 Å². The van der Waals surface area contributed by atoms with Gasteiger partial charge in [0.2, 0.25) is 0 Å². The first-order chi connectivity index (χ1) is 11.8. The number of benzene rings is 2. The van der Waals surface area contributed by atoms with E-state index in [2.05, 4.69) is 46.5 Å². The first-order valence-electron chi connectivity index (χ1n) is 8.39. The minimum Gasteiger partial charge on any atom is -1.00 e. The van der Waals surface area contributed by atoms with Gasteiger partial charge >= 0.3 is 5.16 Å². The fourth-order valence-corrected chi connectivity index (χ4v) is 4.26. The zero-order valence-corrected chi connectivity index (χ0v) is 16.5. The van der Waals surface area contributed by atoms with Crippen LogP contribution in [0.2, 0.25) is 0 Å². The van der Waals surface area contributed by atoms with E-state index in [1.807, 2.05) is 23.9 Å². The molecule has 0 unspecified atom stereocenters. The van der Waals surface area contributed by atoms with Crippen LogP contribution in [0.4, 0.5) is 4.39 Å². The number of aromatic nitrogens is 2. The van der Waals surface area contributed by atoms with Crippen LogP contribution in [0.5, 0.6) is 0 Å². The number of nitrogens with zero attached hydrogens (tertiary/aromatic N) is 2. The summed E-state index contributed by atoms with van der Waals surface area (Å²) >= 11 is 1.89. The molecule has 0 amide bonds. The molecule has 25 heavy (non-hydrogen) atoms. The lowest BCUT2D eigenvalue weighted by Gasteiger charge is -2.10. The van der Waals surface area contributed by atoms with Gasteiger partial charge in [-0.3, -0.25) is 0 Å². The fourth-order valence-electron chi connectivity index (χ4n) is 3.16. The molecule has 0 radical (unpaired) electrons. The molecule has 0 bridgehead atoms. The topological polar surface area (TPSA) is 8.81 Å². The third-order valence-electron chi connectivity index (χ3n) is 4.50. The standard InChI is InChI=1S/C20H20FN2S.BrH/c1-2-15-4-10-18(11-5-15)23-14-19(16-6-8-17(21)9-7-16)22-12-3-13-24-20(22)23;/h4-11,14H,2-3,12-13H2,1H3;1H/q+1;/p-1. The number of fused-ring (bicyclic) bond motifs is 1. The van der Waals surface area contributed by atoms with Gasteiger partial charge in [-0.25, -0.2) is 8.96 Å². The van der Waals surface area contributed by atoms with Crippen LogP contribution in [0.1, 0.15) is 18.9 Å². The largest absolute Gasteiger partial charge is 1.00 e.